The number of benzene rings is 1. The van der Waals surface area contributed by atoms with Crippen LogP contribution in [0.25, 0.3) is 10.9 Å². The van der Waals surface area contributed by atoms with Crippen LogP contribution in [0.5, 0.6) is 0 Å². The Hall–Kier alpha value is -1.35. The maximum atomic E-state index is 4.37. The van der Waals surface area contributed by atoms with Crippen LogP contribution < -0.4 is 5.32 Å². The molecule has 0 amide bonds. The lowest BCUT2D eigenvalue weighted by Gasteiger charge is -2.39. The lowest BCUT2D eigenvalue weighted by Crippen LogP contribution is -2.42. The molecule has 1 aromatic carbocycles. The van der Waals surface area contributed by atoms with Gasteiger partial charge in [-0.05, 0) is 37.4 Å². The predicted molar refractivity (Wildman–Crippen MR) is 88.6 cm³/mol. The van der Waals surface area contributed by atoms with E-state index in [4.69, 9.17) is 0 Å². The molecule has 2 aromatic rings. The number of fused-ring (bicyclic) bond motifs is 2. The SMILES string of the molecule is CC.Cn1ncc2ccc([C@@]34CCCC[C@@H]3NCC4)cc21. The maximum absolute atomic E-state index is 4.37. The highest BCUT2D eigenvalue weighted by molar-refractivity contribution is 5.79. The Morgan fingerprint density at radius 2 is 2.10 bits per heavy atom. The van der Waals surface area contributed by atoms with Crippen molar-refractivity contribution in [2.45, 2.75) is 57.4 Å². The van der Waals surface area contributed by atoms with E-state index in [2.05, 4.69) is 28.6 Å². The third-order valence-corrected chi connectivity index (χ3v) is 5.32. The fraction of sp³-hybridized carbons (Fsp3) is 0.611. The minimum Gasteiger partial charge on any atom is -0.313 e. The topological polar surface area (TPSA) is 29.9 Å². The number of nitrogens with one attached hydrogen (secondary N) is 1. The van der Waals surface area contributed by atoms with Gasteiger partial charge in [0.25, 0.3) is 0 Å². The van der Waals surface area contributed by atoms with Gasteiger partial charge >= 0.3 is 0 Å². The van der Waals surface area contributed by atoms with Crippen LogP contribution in [0.3, 0.4) is 0 Å². The normalized spacial score (nSPS) is 28.0. The van der Waals surface area contributed by atoms with Crippen LogP contribution in [0.4, 0.5) is 0 Å². The average molecular weight is 285 g/mol. The van der Waals surface area contributed by atoms with Crippen LogP contribution >= 0.6 is 0 Å². The highest BCUT2D eigenvalue weighted by Crippen LogP contribution is 2.45. The number of hydrogen-bond acceptors (Lipinski definition) is 2. The molecule has 3 heteroatoms. The van der Waals surface area contributed by atoms with Gasteiger partial charge in [-0.1, -0.05) is 38.8 Å². The second-order valence-corrected chi connectivity index (χ2v) is 6.20. The van der Waals surface area contributed by atoms with Crippen LogP contribution in [0.15, 0.2) is 24.4 Å². The molecule has 4 rings (SSSR count). The highest BCUT2D eigenvalue weighted by Gasteiger charge is 2.45. The first kappa shape index (κ1) is 14.6. The molecule has 2 aliphatic rings. The Balaban J connectivity index is 0.000000636. The third kappa shape index (κ3) is 2.28. The quantitative estimate of drug-likeness (QED) is 0.864. The Morgan fingerprint density at radius 1 is 1.24 bits per heavy atom. The van der Waals surface area contributed by atoms with Gasteiger partial charge in [0.05, 0.1) is 11.7 Å². The van der Waals surface area contributed by atoms with Crippen molar-refractivity contribution < 1.29 is 0 Å². The van der Waals surface area contributed by atoms with E-state index in [9.17, 15) is 0 Å². The summed E-state index contributed by atoms with van der Waals surface area (Å²) in [7, 11) is 2.04. The molecular weight excluding hydrogens is 258 g/mol. The number of rotatable bonds is 1. The Kier molecular flexibility index (Phi) is 4.03. The van der Waals surface area contributed by atoms with E-state index < -0.39 is 0 Å². The minimum absolute atomic E-state index is 0.386. The molecule has 0 bridgehead atoms. The zero-order chi connectivity index (χ0) is 14.9. The molecule has 2 heterocycles. The van der Waals surface area contributed by atoms with Gasteiger partial charge in [0.1, 0.15) is 0 Å². The first-order valence-corrected chi connectivity index (χ1v) is 8.45. The van der Waals surface area contributed by atoms with Gasteiger partial charge in [0, 0.05) is 23.9 Å². The van der Waals surface area contributed by atoms with Crippen LogP contribution in [0, 0.1) is 0 Å². The maximum Gasteiger partial charge on any atom is 0.0682 e. The monoisotopic (exact) mass is 285 g/mol. The van der Waals surface area contributed by atoms with Gasteiger partial charge in [-0.25, -0.2) is 0 Å². The summed E-state index contributed by atoms with van der Waals surface area (Å²) in [4.78, 5) is 0. The smallest absolute Gasteiger partial charge is 0.0682 e. The zero-order valence-electron chi connectivity index (χ0n) is 13.5. The molecule has 1 N–H and O–H groups in total. The summed E-state index contributed by atoms with van der Waals surface area (Å²) < 4.78 is 2.00. The van der Waals surface area contributed by atoms with Gasteiger partial charge in [-0.2, -0.15) is 5.10 Å². The minimum atomic E-state index is 0.386. The van der Waals surface area contributed by atoms with E-state index in [1.54, 1.807) is 0 Å². The molecule has 1 aliphatic carbocycles. The van der Waals surface area contributed by atoms with Crippen molar-refractivity contribution in [3.05, 3.63) is 30.0 Å². The van der Waals surface area contributed by atoms with Gasteiger partial charge in [0.2, 0.25) is 0 Å². The molecule has 1 saturated heterocycles. The summed E-state index contributed by atoms with van der Waals surface area (Å²) in [5, 5.41) is 9.35. The fourth-order valence-corrected chi connectivity index (χ4v) is 4.25. The zero-order valence-corrected chi connectivity index (χ0v) is 13.5. The molecule has 2 atom stereocenters. The summed E-state index contributed by atoms with van der Waals surface area (Å²) in [6, 6.07) is 7.66. The lowest BCUT2D eigenvalue weighted by molar-refractivity contribution is 0.267. The van der Waals surface area contributed by atoms with Crippen molar-refractivity contribution in [2.24, 2.45) is 7.05 Å². The second-order valence-electron chi connectivity index (χ2n) is 6.20. The van der Waals surface area contributed by atoms with Crippen molar-refractivity contribution in [1.82, 2.24) is 15.1 Å². The molecule has 2 fully saturated rings. The fourth-order valence-electron chi connectivity index (χ4n) is 4.25. The Morgan fingerprint density at radius 3 is 2.95 bits per heavy atom. The van der Waals surface area contributed by atoms with E-state index in [0.717, 1.165) is 0 Å². The number of aromatic nitrogens is 2. The molecule has 0 spiro atoms. The first-order chi connectivity index (χ1) is 10.3. The summed E-state index contributed by atoms with van der Waals surface area (Å²) in [5.41, 5.74) is 3.18. The van der Waals surface area contributed by atoms with Crippen molar-refractivity contribution in [3.63, 3.8) is 0 Å². The molecule has 21 heavy (non-hydrogen) atoms. The molecule has 114 valence electrons. The van der Waals surface area contributed by atoms with Crippen molar-refractivity contribution >= 4 is 10.9 Å². The second kappa shape index (κ2) is 5.80. The number of nitrogens with zero attached hydrogens (tertiary/aromatic N) is 2. The van der Waals surface area contributed by atoms with Crippen molar-refractivity contribution in [3.8, 4) is 0 Å². The largest absolute Gasteiger partial charge is 0.313 e. The molecule has 1 saturated carbocycles. The average Bonchev–Trinajstić information content (AvgIpc) is 3.14. The first-order valence-electron chi connectivity index (χ1n) is 8.45. The predicted octanol–water partition coefficient (Wildman–Crippen LogP) is 3.77. The van der Waals surface area contributed by atoms with Gasteiger partial charge in [-0.15, -0.1) is 0 Å². The highest BCUT2D eigenvalue weighted by atomic mass is 15.2. The molecule has 1 aromatic heterocycles. The standard InChI is InChI=1S/C16H21N3.C2H6/c1-19-14-10-13(6-5-12(14)11-18-19)16-7-3-2-4-15(16)17-9-8-16;1-2/h5-6,10-11,15,17H,2-4,7-9H2,1H3;1-2H3/t15-,16-;/m0./s1. The van der Waals surface area contributed by atoms with E-state index in [1.165, 1.54) is 55.1 Å². The van der Waals surface area contributed by atoms with E-state index in [-0.39, 0.29) is 0 Å². The van der Waals surface area contributed by atoms with Crippen LogP contribution in [0.2, 0.25) is 0 Å². The van der Waals surface area contributed by atoms with Gasteiger partial charge in [-0.3, -0.25) is 4.68 Å². The Labute approximate surface area is 127 Å². The molecular formula is C18H27N3. The molecule has 1 aliphatic heterocycles. The van der Waals surface area contributed by atoms with Crippen molar-refractivity contribution in [2.75, 3.05) is 6.54 Å². The van der Waals surface area contributed by atoms with Gasteiger partial charge < -0.3 is 5.32 Å². The van der Waals surface area contributed by atoms with E-state index in [1.807, 2.05) is 31.8 Å². The third-order valence-electron chi connectivity index (χ3n) is 5.32. The van der Waals surface area contributed by atoms with E-state index in [0.29, 0.717) is 11.5 Å². The number of hydrogen-bond donors (Lipinski definition) is 1. The molecule has 0 radical (unpaired) electrons. The lowest BCUT2D eigenvalue weighted by atomic mass is 9.66. The molecule has 0 unspecified atom stereocenters. The van der Waals surface area contributed by atoms with E-state index >= 15 is 0 Å². The summed E-state index contributed by atoms with van der Waals surface area (Å²) in [5.74, 6) is 0. The summed E-state index contributed by atoms with van der Waals surface area (Å²) in [6.45, 7) is 5.17. The van der Waals surface area contributed by atoms with Crippen LogP contribution in [-0.2, 0) is 12.5 Å². The summed E-state index contributed by atoms with van der Waals surface area (Å²) >= 11 is 0. The Bertz CT molecular complexity index is 616. The molecule has 3 nitrogen and oxygen atoms in total. The van der Waals surface area contributed by atoms with Gasteiger partial charge in [0.15, 0.2) is 0 Å². The summed E-state index contributed by atoms with van der Waals surface area (Å²) in [6.07, 6.45) is 8.69. The number of aryl methyl sites for hydroxylation is 1. The van der Waals surface area contributed by atoms with Crippen molar-refractivity contribution in [1.29, 1.82) is 0 Å². The van der Waals surface area contributed by atoms with Crippen LogP contribution in [-0.4, -0.2) is 22.4 Å². The van der Waals surface area contributed by atoms with Crippen LogP contribution in [0.1, 0.15) is 51.5 Å².